The number of carbonyl (C=O) groups is 1. The molecule has 2 aromatic rings. The summed E-state index contributed by atoms with van der Waals surface area (Å²) in [5.41, 5.74) is 0.563. The van der Waals surface area contributed by atoms with Gasteiger partial charge in [0.2, 0.25) is 0 Å². The number of hydrogen-bond donors (Lipinski definition) is 1. The van der Waals surface area contributed by atoms with Gasteiger partial charge in [0.05, 0.1) is 19.2 Å². The summed E-state index contributed by atoms with van der Waals surface area (Å²) in [5.74, 6) is 0.482. The van der Waals surface area contributed by atoms with Gasteiger partial charge in [0.1, 0.15) is 5.75 Å². The Balaban J connectivity index is 2.03. The molecule has 3 nitrogen and oxygen atoms in total. The van der Waals surface area contributed by atoms with E-state index < -0.39 is 0 Å². The molecule has 1 amide bonds. The number of aryl methyl sites for hydroxylation is 1. The molecule has 0 atom stereocenters. The van der Waals surface area contributed by atoms with Crippen LogP contribution in [-0.2, 0) is 6.54 Å². The quantitative estimate of drug-likeness (QED) is 0.918. The van der Waals surface area contributed by atoms with E-state index >= 15 is 0 Å². The van der Waals surface area contributed by atoms with Gasteiger partial charge in [0.25, 0.3) is 5.91 Å². The smallest absolute Gasteiger partial charge is 0.255 e. The van der Waals surface area contributed by atoms with Crippen LogP contribution in [0, 0.1) is 6.92 Å². The predicted octanol–water partition coefficient (Wildman–Crippen LogP) is 3.00. The summed E-state index contributed by atoms with van der Waals surface area (Å²) in [6.45, 7) is 2.60. The van der Waals surface area contributed by atoms with Crippen molar-refractivity contribution >= 4 is 17.2 Å². The first-order valence-electron chi connectivity index (χ1n) is 5.67. The Morgan fingerprint density at radius 2 is 2.06 bits per heavy atom. The highest BCUT2D eigenvalue weighted by atomic mass is 32.1. The zero-order valence-corrected chi connectivity index (χ0v) is 11.2. The number of para-hydroxylation sites is 1. The molecule has 0 fully saturated rings. The number of hydrogen-bond acceptors (Lipinski definition) is 3. The molecular formula is C14H15NO2S. The van der Waals surface area contributed by atoms with Crippen LogP contribution in [0.5, 0.6) is 5.75 Å². The molecule has 0 spiro atoms. The van der Waals surface area contributed by atoms with Crippen LogP contribution in [0.1, 0.15) is 20.1 Å². The lowest BCUT2D eigenvalue weighted by atomic mass is 10.2. The minimum Gasteiger partial charge on any atom is -0.496 e. The van der Waals surface area contributed by atoms with E-state index in [1.165, 1.54) is 4.88 Å². The zero-order valence-electron chi connectivity index (χ0n) is 10.4. The van der Waals surface area contributed by atoms with Crippen molar-refractivity contribution in [1.82, 2.24) is 5.32 Å². The molecule has 2 rings (SSSR count). The maximum Gasteiger partial charge on any atom is 0.255 e. The molecule has 1 N–H and O–H groups in total. The Morgan fingerprint density at radius 3 is 2.72 bits per heavy atom. The Kier molecular flexibility index (Phi) is 3.99. The van der Waals surface area contributed by atoms with E-state index in [-0.39, 0.29) is 5.91 Å². The van der Waals surface area contributed by atoms with Crippen molar-refractivity contribution in [3.05, 3.63) is 51.7 Å². The summed E-state index contributed by atoms with van der Waals surface area (Å²) >= 11 is 1.69. The SMILES string of the molecule is COc1ccccc1C(=O)NCc1ccc(C)s1. The Morgan fingerprint density at radius 1 is 1.28 bits per heavy atom. The monoisotopic (exact) mass is 261 g/mol. The van der Waals surface area contributed by atoms with Crippen molar-refractivity contribution < 1.29 is 9.53 Å². The summed E-state index contributed by atoms with van der Waals surface area (Å²) < 4.78 is 5.16. The van der Waals surface area contributed by atoms with Crippen LogP contribution >= 0.6 is 11.3 Å². The minimum atomic E-state index is -0.112. The average Bonchev–Trinajstić information content (AvgIpc) is 2.81. The lowest BCUT2D eigenvalue weighted by molar-refractivity contribution is 0.0948. The lowest BCUT2D eigenvalue weighted by Gasteiger charge is -2.08. The van der Waals surface area contributed by atoms with E-state index in [4.69, 9.17) is 4.74 Å². The first-order chi connectivity index (χ1) is 8.70. The standard InChI is InChI=1S/C14H15NO2S/c1-10-7-8-11(18-10)9-15-14(16)12-5-3-4-6-13(12)17-2/h3-8H,9H2,1-2H3,(H,15,16). The summed E-state index contributed by atoms with van der Waals surface area (Å²) in [7, 11) is 1.56. The topological polar surface area (TPSA) is 38.3 Å². The normalized spacial score (nSPS) is 10.1. The van der Waals surface area contributed by atoms with Gasteiger partial charge in [0, 0.05) is 9.75 Å². The summed E-state index contributed by atoms with van der Waals surface area (Å²) in [6.07, 6.45) is 0. The van der Waals surface area contributed by atoms with Gasteiger partial charge in [-0.05, 0) is 31.2 Å². The van der Waals surface area contributed by atoms with Crippen LogP contribution < -0.4 is 10.1 Å². The molecule has 4 heteroatoms. The maximum absolute atomic E-state index is 12.0. The van der Waals surface area contributed by atoms with Crippen LogP contribution in [0.15, 0.2) is 36.4 Å². The van der Waals surface area contributed by atoms with Gasteiger partial charge < -0.3 is 10.1 Å². The molecule has 0 aliphatic heterocycles. The van der Waals surface area contributed by atoms with Crippen molar-refractivity contribution in [3.8, 4) is 5.75 Å². The molecule has 0 unspecified atom stereocenters. The van der Waals surface area contributed by atoms with Crippen LogP contribution in [0.4, 0.5) is 0 Å². The van der Waals surface area contributed by atoms with Crippen LogP contribution in [0.25, 0.3) is 0 Å². The lowest BCUT2D eigenvalue weighted by Crippen LogP contribution is -2.22. The Hall–Kier alpha value is -1.81. The Bertz CT molecular complexity index is 548. The molecule has 1 heterocycles. The molecule has 0 saturated heterocycles. The van der Waals surface area contributed by atoms with Gasteiger partial charge in [-0.1, -0.05) is 12.1 Å². The third-order valence-electron chi connectivity index (χ3n) is 2.57. The summed E-state index contributed by atoms with van der Waals surface area (Å²) in [6, 6.07) is 11.3. The van der Waals surface area contributed by atoms with E-state index in [2.05, 4.69) is 18.3 Å². The molecule has 1 aromatic heterocycles. The fraction of sp³-hybridized carbons (Fsp3) is 0.214. The average molecular weight is 261 g/mol. The second-order valence-corrected chi connectivity index (χ2v) is 5.27. The van der Waals surface area contributed by atoms with Crippen LogP contribution in [-0.4, -0.2) is 13.0 Å². The first kappa shape index (κ1) is 12.6. The van der Waals surface area contributed by atoms with Crippen molar-refractivity contribution in [3.63, 3.8) is 0 Å². The number of ether oxygens (including phenoxy) is 1. The highest BCUT2D eigenvalue weighted by molar-refractivity contribution is 7.11. The molecule has 94 valence electrons. The highest BCUT2D eigenvalue weighted by Crippen LogP contribution is 2.18. The van der Waals surface area contributed by atoms with Gasteiger partial charge in [-0.15, -0.1) is 11.3 Å². The van der Waals surface area contributed by atoms with E-state index in [0.29, 0.717) is 17.9 Å². The summed E-state index contributed by atoms with van der Waals surface area (Å²) in [5, 5.41) is 2.89. The molecular weight excluding hydrogens is 246 g/mol. The summed E-state index contributed by atoms with van der Waals surface area (Å²) in [4.78, 5) is 14.4. The van der Waals surface area contributed by atoms with Crippen LogP contribution in [0.2, 0.25) is 0 Å². The largest absolute Gasteiger partial charge is 0.496 e. The number of benzene rings is 1. The van der Waals surface area contributed by atoms with E-state index in [0.717, 1.165) is 4.88 Å². The number of carbonyl (C=O) groups excluding carboxylic acids is 1. The highest BCUT2D eigenvalue weighted by Gasteiger charge is 2.10. The van der Waals surface area contributed by atoms with Gasteiger partial charge in [-0.2, -0.15) is 0 Å². The van der Waals surface area contributed by atoms with Gasteiger partial charge >= 0.3 is 0 Å². The third kappa shape index (κ3) is 2.90. The van der Waals surface area contributed by atoms with Crippen molar-refractivity contribution in [2.24, 2.45) is 0 Å². The molecule has 0 saturated carbocycles. The molecule has 0 aliphatic carbocycles. The number of methoxy groups -OCH3 is 1. The fourth-order valence-electron chi connectivity index (χ4n) is 1.67. The fourth-order valence-corrected chi connectivity index (χ4v) is 2.51. The Labute approximate surface area is 110 Å². The second kappa shape index (κ2) is 5.69. The predicted molar refractivity (Wildman–Crippen MR) is 73.2 cm³/mol. The van der Waals surface area contributed by atoms with Crippen LogP contribution in [0.3, 0.4) is 0 Å². The first-order valence-corrected chi connectivity index (χ1v) is 6.49. The molecule has 1 aromatic carbocycles. The van der Waals surface area contributed by atoms with E-state index in [1.807, 2.05) is 18.2 Å². The number of thiophene rings is 1. The maximum atomic E-state index is 12.0. The van der Waals surface area contributed by atoms with Crippen molar-refractivity contribution in [1.29, 1.82) is 0 Å². The van der Waals surface area contributed by atoms with E-state index in [1.54, 1.807) is 30.6 Å². The number of nitrogens with one attached hydrogen (secondary N) is 1. The van der Waals surface area contributed by atoms with E-state index in [9.17, 15) is 4.79 Å². The molecule has 0 aliphatic rings. The third-order valence-corrected chi connectivity index (χ3v) is 3.57. The molecule has 0 bridgehead atoms. The zero-order chi connectivity index (χ0) is 13.0. The van der Waals surface area contributed by atoms with Crippen molar-refractivity contribution in [2.75, 3.05) is 7.11 Å². The van der Waals surface area contributed by atoms with Crippen molar-refractivity contribution in [2.45, 2.75) is 13.5 Å². The number of amides is 1. The molecule has 0 radical (unpaired) electrons. The van der Waals surface area contributed by atoms with Gasteiger partial charge in [0.15, 0.2) is 0 Å². The minimum absolute atomic E-state index is 0.112. The second-order valence-electron chi connectivity index (χ2n) is 3.90. The van der Waals surface area contributed by atoms with Gasteiger partial charge in [-0.25, -0.2) is 0 Å². The van der Waals surface area contributed by atoms with Gasteiger partial charge in [-0.3, -0.25) is 4.79 Å². The number of rotatable bonds is 4. The molecule has 18 heavy (non-hydrogen) atoms.